The number of halogens is 3. The van der Waals surface area contributed by atoms with Crippen molar-refractivity contribution in [3.05, 3.63) is 66.0 Å². The van der Waals surface area contributed by atoms with E-state index in [9.17, 15) is 18.0 Å². The van der Waals surface area contributed by atoms with E-state index in [1.165, 1.54) is 6.33 Å². The second-order valence-corrected chi connectivity index (χ2v) is 5.60. The fraction of sp³-hybridized carbons (Fsp3) is 0.167. The van der Waals surface area contributed by atoms with Gasteiger partial charge in [-0.05, 0) is 18.2 Å². The Kier molecular flexibility index (Phi) is 5.78. The largest absolute Gasteiger partial charge is 0.491 e. The lowest BCUT2D eigenvalue weighted by Crippen LogP contribution is -2.30. The fourth-order valence-corrected chi connectivity index (χ4v) is 2.46. The molecule has 0 aliphatic heterocycles. The van der Waals surface area contributed by atoms with Crippen LogP contribution in [0.25, 0.3) is 5.82 Å². The van der Waals surface area contributed by atoms with Crippen molar-refractivity contribution in [1.82, 2.24) is 19.9 Å². The van der Waals surface area contributed by atoms with Crippen molar-refractivity contribution in [3.63, 3.8) is 0 Å². The molecule has 3 rings (SSSR count). The number of anilines is 1. The maximum absolute atomic E-state index is 14.1. The van der Waals surface area contributed by atoms with E-state index in [2.05, 4.69) is 25.3 Å². The number of ether oxygens (including phenoxy) is 1. The summed E-state index contributed by atoms with van der Waals surface area (Å²) in [6.07, 6.45) is 5.05. The number of carbonyl (C=O) groups excluding carboxylic acids is 1. The summed E-state index contributed by atoms with van der Waals surface area (Å²) in [6.45, 7) is 0.346. The van der Waals surface area contributed by atoms with Gasteiger partial charge in [-0.25, -0.2) is 18.7 Å². The molecular formula is C18H16F3N5O2. The third-order valence-corrected chi connectivity index (χ3v) is 3.80. The van der Waals surface area contributed by atoms with Gasteiger partial charge in [-0.1, -0.05) is 0 Å². The van der Waals surface area contributed by atoms with E-state index >= 15 is 0 Å². The zero-order valence-corrected chi connectivity index (χ0v) is 14.7. The van der Waals surface area contributed by atoms with Gasteiger partial charge in [-0.15, -0.1) is 0 Å². The van der Waals surface area contributed by atoms with Crippen molar-refractivity contribution >= 4 is 11.7 Å². The van der Waals surface area contributed by atoms with E-state index in [1.807, 2.05) is 24.5 Å². The normalized spacial score (nSPS) is 10.6. The first-order chi connectivity index (χ1) is 13.5. The maximum atomic E-state index is 14.1. The molecule has 146 valence electrons. The minimum atomic E-state index is -1.49. The van der Waals surface area contributed by atoms with Gasteiger partial charge in [0.2, 0.25) is 5.82 Å². The molecule has 0 spiro atoms. The molecule has 0 unspecified atom stereocenters. The predicted octanol–water partition coefficient (Wildman–Crippen LogP) is 2.54. The van der Waals surface area contributed by atoms with Crippen LogP contribution in [0.4, 0.5) is 19.0 Å². The number of amides is 1. The number of nitrogens with one attached hydrogen (secondary N) is 2. The van der Waals surface area contributed by atoms with Gasteiger partial charge >= 0.3 is 0 Å². The van der Waals surface area contributed by atoms with E-state index < -0.39 is 34.7 Å². The number of nitrogens with zero attached hydrogens (tertiary/aromatic N) is 3. The summed E-state index contributed by atoms with van der Waals surface area (Å²) in [5.41, 5.74) is -0.646. The van der Waals surface area contributed by atoms with Crippen molar-refractivity contribution in [3.8, 4) is 11.6 Å². The summed E-state index contributed by atoms with van der Waals surface area (Å²) in [7, 11) is 0.982. The quantitative estimate of drug-likeness (QED) is 0.478. The lowest BCUT2D eigenvalue weighted by Gasteiger charge is -2.11. The molecule has 3 aromatic rings. The average molecular weight is 391 g/mol. The molecular weight excluding hydrogens is 375 g/mol. The van der Waals surface area contributed by atoms with E-state index in [0.29, 0.717) is 17.7 Å². The van der Waals surface area contributed by atoms with Crippen LogP contribution in [0.1, 0.15) is 10.4 Å². The van der Waals surface area contributed by atoms with Crippen molar-refractivity contribution in [2.75, 3.05) is 25.5 Å². The molecule has 2 aromatic heterocycles. The highest BCUT2D eigenvalue weighted by molar-refractivity contribution is 5.95. The van der Waals surface area contributed by atoms with E-state index in [-0.39, 0.29) is 13.1 Å². The first-order valence-corrected chi connectivity index (χ1v) is 8.20. The third-order valence-electron chi connectivity index (χ3n) is 3.80. The smallest absolute Gasteiger partial charge is 0.254 e. The molecule has 1 aromatic carbocycles. The molecule has 0 fully saturated rings. The molecule has 0 aliphatic rings. The second-order valence-electron chi connectivity index (χ2n) is 5.60. The molecule has 1 amide bonds. The Bertz CT molecular complexity index is 980. The van der Waals surface area contributed by atoms with Gasteiger partial charge in [0.15, 0.2) is 17.4 Å². The average Bonchev–Trinajstić information content (AvgIpc) is 3.23. The maximum Gasteiger partial charge on any atom is 0.254 e. The SMILES string of the molecule is COc1c(F)c(F)cc(C(=O)NCCNc2cc(-n3cccc3)ncn2)c1F. The van der Waals surface area contributed by atoms with E-state index in [1.54, 1.807) is 10.6 Å². The first-order valence-electron chi connectivity index (χ1n) is 8.20. The lowest BCUT2D eigenvalue weighted by atomic mass is 10.1. The first kappa shape index (κ1) is 19.2. The summed E-state index contributed by atoms with van der Waals surface area (Å²) in [5.74, 6) is -4.79. The molecule has 0 atom stereocenters. The second kappa shape index (κ2) is 8.42. The van der Waals surface area contributed by atoms with Crippen molar-refractivity contribution in [2.24, 2.45) is 0 Å². The highest BCUT2D eigenvalue weighted by Crippen LogP contribution is 2.26. The topological polar surface area (TPSA) is 81.1 Å². The van der Waals surface area contributed by atoms with Crippen molar-refractivity contribution < 1.29 is 22.7 Å². The summed E-state index contributed by atoms with van der Waals surface area (Å²) in [4.78, 5) is 20.3. The van der Waals surface area contributed by atoms with Crippen LogP contribution < -0.4 is 15.4 Å². The summed E-state index contributed by atoms with van der Waals surface area (Å²) >= 11 is 0. The summed E-state index contributed by atoms with van der Waals surface area (Å²) < 4.78 is 47.3. The monoisotopic (exact) mass is 391 g/mol. The molecule has 0 aliphatic carbocycles. The Morgan fingerprint density at radius 2 is 1.86 bits per heavy atom. The number of hydrogen-bond acceptors (Lipinski definition) is 5. The predicted molar refractivity (Wildman–Crippen MR) is 95.0 cm³/mol. The van der Waals surface area contributed by atoms with Gasteiger partial charge in [0.25, 0.3) is 5.91 Å². The number of methoxy groups -OCH3 is 1. The van der Waals surface area contributed by atoms with Crippen LogP contribution >= 0.6 is 0 Å². The van der Waals surface area contributed by atoms with Gasteiger partial charge in [-0.3, -0.25) is 4.79 Å². The number of rotatable bonds is 7. The van der Waals surface area contributed by atoms with Gasteiger partial charge in [-0.2, -0.15) is 4.39 Å². The molecule has 0 radical (unpaired) electrons. The van der Waals surface area contributed by atoms with Gasteiger partial charge in [0.05, 0.1) is 12.7 Å². The van der Waals surface area contributed by atoms with Crippen LogP contribution in [0.2, 0.25) is 0 Å². The van der Waals surface area contributed by atoms with Crippen LogP contribution in [0.15, 0.2) is 43.0 Å². The molecule has 2 heterocycles. The number of carbonyl (C=O) groups is 1. The fourth-order valence-electron chi connectivity index (χ4n) is 2.46. The highest BCUT2D eigenvalue weighted by atomic mass is 19.2. The number of aromatic nitrogens is 3. The molecule has 0 bridgehead atoms. The van der Waals surface area contributed by atoms with Crippen LogP contribution in [0.3, 0.4) is 0 Å². The van der Waals surface area contributed by atoms with Gasteiger partial charge in [0, 0.05) is 31.5 Å². The lowest BCUT2D eigenvalue weighted by molar-refractivity contribution is 0.0949. The molecule has 0 saturated heterocycles. The minimum absolute atomic E-state index is 0.0858. The third kappa shape index (κ3) is 4.05. The van der Waals surface area contributed by atoms with Gasteiger partial charge < -0.3 is 19.9 Å². The van der Waals surface area contributed by atoms with E-state index in [4.69, 9.17) is 0 Å². The Hall–Kier alpha value is -3.56. The zero-order chi connectivity index (χ0) is 20.1. The minimum Gasteiger partial charge on any atom is -0.491 e. The Labute approximate surface area is 158 Å². The highest BCUT2D eigenvalue weighted by Gasteiger charge is 2.23. The van der Waals surface area contributed by atoms with E-state index in [0.717, 1.165) is 7.11 Å². The number of benzene rings is 1. The zero-order valence-electron chi connectivity index (χ0n) is 14.7. The van der Waals surface area contributed by atoms with Crippen LogP contribution in [-0.2, 0) is 0 Å². The Balaban J connectivity index is 1.58. The van der Waals surface area contributed by atoms with Crippen molar-refractivity contribution in [2.45, 2.75) is 0 Å². The summed E-state index contributed by atoms with van der Waals surface area (Å²) in [6, 6.07) is 5.92. The summed E-state index contributed by atoms with van der Waals surface area (Å²) in [5, 5.41) is 5.40. The Morgan fingerprint density at radius 1 is 1.11 bits per heavy atom. The Morgan fingerprint density at radius 3 is 2.57 bits per heavy atom. The molecule has 10 heteroatoms. The van der Waals surface area contributed by atoms with Gasteiger partial charge in [0.1, 0.15) is 18.0 Å². The van der Waals surface area contributed by atoms with Crippen LogP contribution in [0.5, 0.6) is 5.75 Å². The van der Waals surface area contributed by atoms with Crippen LogP contribution in [0, 0.1) is 17.5 Å². The standard InChI is InChI=1S/C18H16F3N5O2/c1-28-17-15(20)11(8-12(19)16(17)21)18(27)23-5-4-22-13-9-14(25-10-24-13)26-6-2-3-7-26/h2-3,6-10H,4-5H2,1H3,(H,23,27)(H,22,24,25). The molecule has 2 N–H and O–H groups in total. The molecule has 0 saturated carbocycles. The molecule has 28 heavy (non-hydrogen) atoms. The van der Waals surface area contributed by atoms with Crippen molar-refractivity contribution in [1.29, 1.82) is 0 Å². The van der Waals surface area contributed by atoms with Crippen LogP contribution in [-0.4, -0.2) is 40.6 Å². The number of hydrogen-bond donors (Lipinski definition) is 2. The molecule has 7 nitrogen and oxygen atoms in total.